The van der Waals surface area contributed by atoms with Gasteiger partial charge in [0.05, 0.1) is 11.7 Å². The Labute approximate surface area is 326 Å². The van der Waals surface area contributed by atoms with Gasteiger partial charge in [0.25, 0.3) is 0 Å². The monoisotopic (exact) mass is 748 g/mol. The number of hydrogen-bond acceptors (Lipinski definition) is 5. The zero-order chi connectivity index (χ0) is 35.6. The van der Waals surface area contributed by atoms with Crippen LogP contribution in [0.5, 0.6) is 0 Å². The third-order valence-corrected chi connectivity index (χ3v) is 13.7. The third kappa shape index (κ3) is 16.6. The Morgan fingerprint density at radius 2 is 0.647 bits per heavy atom. The number of aromatic nitrogens is 2. The molecule has 0 saturated carbocycles. The van der Waals surface area contributed by atoms with Crippen LogP contribution in [0.4, 0.5) is 0 Å². The first kappa shape index (κ1) is 42.2. The molecule has 1 aromatic carbocycles. The second kappa shape index (κ2) is 27.1. The van der Waals surface area contributed by atoms with Crippen molar-refractivity contribution in [3.05, 3.63) is 46.2 Å². The van der Waals surface area contributed by atoms with E-state index in [1.807, 2.05) is 22.7 Å². The Morgan fingerprint density at radius 1 is 0.353 bits per heavy atom. The summed E-state index contributed by atoms with van der Waals surface area (Å²) in [5.41, 5.74) is 4.64. The van der Waals surface area contributed by atoms with E-state index in [0.717, 1.165) is 11.0 Å². The molecule has 0 atom stereocenters. The third-order valence-electron chi connectivity index (χ3n) is 10.8. The van der Waals surface area contributed by atoms with Gasteiger partial charge in [0, 0.05) is 30.6 Å². The molecule has 5 heteroatoms. The summed E-state index contributed by atoms with van der Waals surface area (Å²) >= 11 is 5.27. The molecular formula is C46H72N2S3. The molecule has 0 fully saturated rings. The Kier molecular flexibility index (Phi) is 22.4. The van der Waals surface area contributed by atoms with E-state index in [0.29, 0.717) is 0 Å². The van der Waals surface area contributed by atoms with Crippen LogP contribution in [0.1, 0.15) is 203 Å². The molecule has 4 aromatic rings. The Bertz CT molecular complexity index is 1310. The van der Waals surface area contributed by atoms with E-state index in [-0.39, 0.29) is 0 Å². The molecule has 0 aliphatic rings. The Morgan fingerprint density at radius 3 is 0.961 bits per heavy atom. The average molecular weight is 749 g/mol. The fraction of sp³-hybridized carbons (Fsp3) is 0.696. The lowest BCUT2D eigenvalue weighted by Crippen LogP contribution is -1.84. The number of rotatable bonds is 32. The zero-order valence-electron chi connectivity index (χ0n) is 32.8. The summed E-state index contributed by atoms with van der Waals surface area (Å²) in [6, 6.07) is 13.9. The molecule has 0 bridgehead atoms. The Hall–Kier alpha value is -1.56. The van der Waals surface area contributed by atoms with Crippen LogP contribution in [-0.2, 0) is 12.8 Å². The molecule has 0 aliphatic carbocycles. The summed E-state index contributed by atoms with van der Waals surface area (Å²) in [6.45, 7) is 4.60. The minimum atomic E-state index is 1.07. The number of benzene rings is 1. The molecule has 284 valence electrons. The maximum absolute atomic E-state index is 4.80. The quantitative estimate of drug-likeness (QED) is 0.0465. The predicted molar refractivity (Wildman–Crippen MR) is 232 cm³/mol. The highest BCUT2D eigenvalue weighted by Gasteiger charge is 2.16. The van der Waals surface area contributed by atoms with Crippen molar-refractivity contribution in [1.82, 2.24) is 8.75 Å². The van der Waals surface area contributed by atoms with Gasteiger partial charge >= 0.3 is 0 Å². The van der Waals surface area contributed by atoms with Crippen molar-refractivity contribution < 1.29 is 0 Å². The van der Waals surface area contributed by atoms with Gasteiger partial charge in [-0.25, -0.2) is 0 Å². The largest absolute Gasteiger partial charge is 0.172 e. The number of unbranched alkanes of at least 4 members (excludes halogenated alkanes) is 26. The van der Waals surface area contributed by atoms with Crippen LogP contribution in [0.25, 0.3) is 31.9 Å². The van der Waals surface area contributed by atoms with Crippen LogP contribution in [0.2, 0.25) is 0 Å². The van der Waals surface area contributed by atoms with Crippen molar-refractivity contribution >= 4 is 45.4 Å². The topological polar surface area (TPSA) is 25.8 Å². The van der Waals surface area contributed by atoms with Gasteiger partial charge in [-0.3, -0.25) is 0 Å². The van der Waals surface area contributed by atoms with Gasteiger partial charge in [-0.1, -0.05) is 193 Å². The molecule has 3 heterocycles. The molecule has 0 spiro atoms. The number of fused-ring (bicyclic) bond motifs is 1. The van der Waals surface area contributed by atoms with Crippen LogP contribution >= 0.6 is 34.4 Å². The van der Waals surface area contributed by atoms with Crippen molar-refractivity contribution in [2.24, 2.45) is 0 Å². The van der Waals surface area contributed by atoms with Gasteiger partial charge < -0.3 is 0 Å². The van der Waals surface area contributed by atoms with E-state index in [9.17, 15) is 0 Å². The number of nitrogens with zero attached hydrogens (tertiary/aromatic N) is 2. The van der Waals surface area contributed by atoms with Gasteiger partial charge in [0.1, 0.15) is 11.0 Å². The minimum Gasteiger partial charge on any atom is -0.172 e. The van der Waals surface area contributed by atoms with Gasteiger partial charge in [-0.2, -0.15) is 8.75 Å². The van der Waals surface area contributed by atoms with Gasteiger partial charge in [0.2, 0.25) is 0 Å². The molecule has 4 rings (SSSR count). The van der Waals surface area contributed by atoms with Gasteiger partial charge in [0.15, 0.2) is 0 Å². The summed E-state index contributed by atoms with van der Waals surface area (Å²) in [4.78, 5) is 5.69. The lowest BCUT2D eigenvalue weighted by atomic mass is 10.0. The SMILES string of the molecule is CCCCCCCCCCCCCCCCc1ccc(-c2ccc(-c3ccc(CCCCCCCCCCCCCCCC)s3)c3nsnc23)s1. The first-order valence-electron chi connectivity index (χ1n) is 21.7. The highest BCUT2D eigenvalue weighted by molar-refractivity contribution is 7.16. The van der Waals surface area contributed by atoms with Gasteiger partial charge in [-0.05, 0) is 49.9 Å². The highest BCUT2D eigenvalue weighted by atomic mass is 32.1. The maximum Gasteiger partial charge on any atom is 0.114 e. The van der Waals surface area contributed by atoms with Crippen LogP contribution in [0, 0.1) is 0 Å². The predicted octanol–water partition coefficient (Wildman–Crippen LogP) is 17.2. The number of aryl methyl sites for hydroxylation is 2. The van der Waals surface area contributed by atoms with Crippen LogP contribution < -0.4 is 0 Å². The summed E-state index contributed by atoms with van der Waals surface area (Å²) in [5, 5.41) is 0. The molecule has 0 radical (unpaired) electrons. The first-order valence-corrected chi connectivity index (χ1v) is 24.1. The lowest BCUT2D eigenvalue weighted by Gasteiger charge is -2.04. The molecule has 2 nitrogen and oxygen atoms in total. The zero-order valence-corrected chi connectivity index (χ0v) is 35.2. The summed E-state index contributed by atoms with van der Waals surface area (Å²) in [5.74, 6) is 0. The van der Waals surface area contributed by atoms with E-state index < -0.39 is 0 Å². The summed E-state index contributed by atoms with van der Waals surface area (Å²) in [7, 11) is 0. The van der Waals surface area contributed by atoms with Crippen molar-refractivity contribution in [2.45, 2.75) is 206 Å². The second-order valence-corrected chi connectivity index (χ2v) is 18.2. The lowest BCUT2D eigenvalue weighted by molar-refractivity contribution is 0.536. The van der Waals surface area contributed by atoms with Crippen molar-refractivity contribution in [2.75, 3.05) is 0 Å². The van der Waals surface area contributed by atoms with Crippen LogP contribution in [-0.4, -0.2) is 8.75 Å². The highest BCUT2D eigenvalue weighted by Crippen LogP contribution is 2.39. The van der Waals surface area contributed by atoms with E-state index in [4.69, 9.17) is 8.75 Å². The molecule has 0 unspecified atom stereocenters. The fourth-order valence-electron chi connectivity index (χ4n) is 7.57. The normalized spacial score (nSPS) is 11.7. The number of thiophene rings is 2. The summed E-state index contributed by atoms with van der Waals surface area (Å²) < 4.78 is 9.60. The molecule has 3 aromatic heterocycles. The standard InChI is InChI=1S/C46H72N2S3/c1-3-5-7-9-11-13-15-17-19-21-23-25-27-29-31-39-33-37-43(49-39)41-35-36-42(46-45(41)47-51-48-46)44-38-34-40(50-44)32-30-28-26-24-22-20-18-16-14-12-10-8-6-4-2/h33-38H,3-32H2,1-2H3. The smallest absolute Gasteiger partial charge is 0.114 e. The van der Waals surface area contributed by atoms with E-state index in [2.05, 4.69) is 50.2 Å². The average Bonchev–Trinajstić information content (AvgIpc) is 3.94. The van der Waals surface area contributed by atoms with Gasteiger partial charge in [-0.15, -0.1) is 22.7 Å². The van der Waals surface area contributed by atoms with E-state index in [1.54, 1.807) is 0 Å². The Balaban J connectivity index is 1.09. The van der Waals surface area contributed by atoms with E-state index >= 15 is 0 Å². The molecule has 0 N–H and O–H groups in total. The van der Waals surface area contributed by atoms with Crippen molar-refractivity contribution in [3.8, 4) is 20.9 Å². The first-order chi connectivity index (χ1) is 25.3. The molecule has 0 saturated heterocycles. The van der Waals surface area contributed by atoms with E-state index in [1.165, 1.54) is 235 Å². The molecule has 0 aliphatic heterocycles. The van der Waals surface area contributed by atoms with Crippen LogP contribution in [0.3, 0.4) is 0 Å². The van der Waals surface area contributed by atoms with Crippen LogP contribution in [0.15, 0.2) is 36.4 Å². The molecule has 51 heavy (non-hydrogen) atoms. The maximum atomic E-state index is 4.80. The number of hydrogen-bond donors (Lipinski definition) is 0. The van der Waals surface area contributed by atoms with Crippen molar-refractivity contribution in [3.63, 3.8) is 0 Å². The molecular weight excluding hydrogens is 677 g/mol. The fourth-order valence-corrected chi connectivity index (χ4v) is 10.3. The van der Waals surface area contributed by atoms with Crippen molar-refractivity contribution in [1.29, 1.82) is 0 Å². The summed E-state index contributed by atoms with van der Waals surface area (Å²) in [6.07, 6.45) is 42.1. The molecule has 0 amide bonds. The minimum absolute atomic E-state index is 1.07. The second-order valence-electron chi connectivity index (χ2n) is 15.3.